The zero-order chi connectivity index (χ0) is 15.1. The van der Waals surface area contributed by atoms with Gasteiger partial charge in [-0.2, -0.15) is 0 Å². The Labute approximate surface area is 127 Å². The summed E-state index contributed by atoms with van der Waals surface area (Å²) in [7, 11) is 0. The van der Waals surface area contributed by atoms with Gasteiger partial charge in [0.1, 0.15) is 5.82 Å². The highest BCUT2D eigenvalue weighted by Crippen LogP contribution is 2.29. The number of nitrogen functional groups attached to an aromatic ring is 1. The lowest BCUT2D eigenvalue weighted by Crippen LogP contribution is -2.27. The van der Waals surface area contributed by atoms with Gasteiger partial charge in [-0.1, -0.05) is 17.7 Å². The van der Waals surface area contributed by atoms with E-state index in [9.17, 15) is 9.59 Å². The Balaban J connectivity index is 2.38. The van der Waals surface area contributed by atoms with Crippen LogP contribution in [-0.4, -0.2) is 10.4 Å². The predicted octanol–water partition coefficient (Wildman–Crippen LogP) is 2.90. The molecule has 0 aliphatic heterocycles. The van der Waals surface area contributed by atoms with E-state index in [0.717, 1.165) is 12.0 Å². The van der Waals surface area contributed by atoms with Gasteiger partial charge in [-0.05, 0) is 37.5 Å². The molecule has 3 rings (SSSR count). The van der Waals surface area contributed by atoms with Crippen LogP contribution in [0, 0.1) is 6.92 Å². The number of anilines is 1. The third-order valence-corrected chi connectivity index (χ3v) is 4.10. The second-order valence-corrected chi connectivity index (χ2v) is 5.73. The van der Waals surface area contributed by atoms with Crippen molar-refractivity contribution in [3.63, 3.8) is 0 Å². The van der Waals surface area contributed by atoms with Gasteiger partial charge < -0.3 is 5.73 Å². The molecule has 1 aliphatic carbocycles. The minimum Gasteiger partial charge on any atom is -0.385 e. The molecule has 1 aliphatic rings. The second-order valence-electron chi connectivity index (χ2n) is 5.32. The van der Waals surface area contributed by atoms with Crippen LogP contribution in [0.25, 0.3) is 5.69 Å². The van der Waals surface area contributed by atoms with E-state index in [1.165, 1.54) is 6.07 Å². The van der Waals surface area contributed by atoms with Gasteiger partial charge >= 0.3 is 0 Å². The van der Waals surface area contributed by atoms with Gasteiger partial charge in [0, 0.05) is 18.2 Å². The summed E-state index contributed by atoms with van der Waals surface area (Å²) in [6.07, 6.45) is 1.78. The predicted molar refractivity (Wildman–Crippen MR) is 83.5 cm³/mol. The first-order valence-electron chi connectivity index (χ1n) is 6.83. The molecule has 0 bridgehead atoms. The van der Waals surface area contributed by atoms with Crippen LogP contribution in [0.4, 0.5) is 5.82 Å². The summed E-state index contributed by atoms with van der Waals surface area (Å²) in [6.45, 7) is 1.95. The number of benzene rings is 1. The number of hydrogen-bond acceptors (Lipinski definition) is 3. The van der Waals surface area contributed by atoms with Gasteiger partial charge in [0.2, 0.25) is 0 Å². The number of aromatic nitrogens is 1. The van der Waals surface area contributed by atoms with Gasteiger partial charge in [0.25, 0.3) is 0 Å². The molecule has 4 nitrogen and oxygen atoms in total. The number of nitrogens with zero attached hydrogens (tertiary/aromatic N) is 1. The van der Waals surface area contributed by atoms with Crippen LogP contribution in [0.2, 0.25) is 5.02 Å². The SMILES string of the molecule is Cc1ccc(Cl)c(-n2c(N)cc(=O)c3c2CCCC3=O)c1. The molecule has 0 saturated heterocycles. The fraction of sp³-hybridized carbons (Fsp3) is 0.250. The molecule has 1 heterocycles. The van der Waals surface area contributed by atoms with E-state index in [4.69, 9.17) is 17.3 Å². The van der Waals surface area contributed by atoms with Gasteiger partial charge in [0.15, 0.2) is 11.2 Å². The highest BCUT2D eigenvalue weighted by Gasteiger charge is 2.25. The number of ketones is 1. The molecular formula is C16H15ClN2O2. The van der Waals surface area contributed by atoms with Crippen LogP contribution in [0.1, 0.15) is 34.5 Å². The molecule has 2 N–H and O–H groups in total. The Kier molecular flexibility index (Phi) is 3.33. The van der Waals surface area contributed by atoms with E-state index in [1.54, 1.807) is 10.6 Å². The topological polar surface area (TPSA) is 65.1 Å². The molecule has 108 valence electrons. The smallest absolute Gasteiger partial charge is 0.194 e. The lowest BCUT2D eigenvalue weighted by atomic mass is 9.93. The molecule has 0 amide bonds. The summed E-state index contributed by atoms with van der Waals surface area (Å²) in [4.78, 5) is 24.1. The Morgan fingerprint density at radius 2 is 1.95 bits per heavy atom. The standard InChI is InChI=1S/C16H15ClN2O2/c1-9-5-6-10(17)12(7-9)19-11-3-2-4-13(20)16(11)14(21)8-15(19)18/h5-8H,2-4,18H2,1H3. The average Bonchev–Trinajstić information content (AvgIpc) is 2.42. The molecule has 0 spiro atoms. The highest BCUT2D eigenvalue weighted by molar-refractivity contribution is 6.32. The van der Waals surface area contributed by atoms with Crippen molar-refractivity contribution in [2.45, 2.75) is 26.2 Å². The lowest BCUT2D eigenvalue weighted by Gasteiger charge is -2.23. The molecule has 21 heavy (non-hydrogen) atoms. The summed E-state index contributed by atoms with van der Waals surface area (Å²) >= 11 is 6.28. The largest absolute Gasteiger partial charge is 0.385 e. The van der Waals surface area contributed by atoms with Gasteiger partial charge in [0.05, 0.1) is 16.3 Å². The quantitative estimate of drug-likeness (QED) is 0.881. The minimum absolute atomic E-state index is 0.112. The number of hydrogen-bond donors (Lipinski definition) is 1. The number of nitrogens with two attached hydrogens (primary N) is 1. The van der Waals surface area contributed by atoms with Crippen LogP contribution >= 0.6 is 11.6 Å². The summed E-state index contributed by atoms with van der Waals surface area (Å²) in [5.41, 5.74) is 8.40. The first-order chi connectivity index (χ1) is 9.99. The van der Waals surface area contributed by atoms with Crippen molar-refractivity contribution in [2.24, 2.45) is 0 Å². The maximum atomic E-state index is 12.1. The fourth-order valence-electron chi connectivity index (χ4n) is 2.84. The van der Waals surface area contributed by atoms with E-state index in [-0.39, 0.29) is 16.8 Å². The van der Waals surface area contributed by atoms with Crippen molar-refractivity contribution in [2.75, 3.05) is 5.73 Å². The van der Waals surface area contributed by atoms with Crippen molar-refractivity contribution in [3.8, 4) is 5.69 Å². The third kappa shape index (κ3) is 2.25. The summed E-state index contributed by atoms with van der Waals surface area (Å²) in [5, 5.41) is 0.538. The normalized spacial score (nSPS) is 14.1. The molecule has 0 radical (unpaired) electrons. The average molecular weight is 303 g/mol. The van der Waals surface area contributed by atoms with Crippen LogP contribution in [0.15, 0.2) is 29.1 Å². The number of carbonyl (C=O) groups excluding carboxylic acids is 1. The molecule has 0 fully saturated rings. The van der Waals surface area contributed by atoms with E-state index < -0.39 is 0 Å². The zero-order valence-corrected chi connectivity index (χ0v) is 12.4. The number of Topliss-reactive ketones (excluding diaryl/α,β-unsaturated/α-hetero) is 1. The van der Waals surface area contributed by atoms with Crippen LogP contribution in [-0.2, 0) is 6.42 Å². The Morgan fingerprint density at radius 1 is 1.19 bits per heavy atom. The van der Waals surface area contributed by atoms with E-state index in [0.29, 0.717) is 35.1 Å². The third-order valence-electron chi connectivity index (χ3n) is 3.78. The van der Waals surface area contributed by atoms with Crippen molar-refractivity contribution < 1.29 is 4.79 Å². The molecule has 1 aromatic carbocycles. The minimum atomic E-state index is -0.299. The summed E-state index contributed by atoms with van der Waals surface area (Å²) in [5.74, 6) is 0.194. The second kappa shape index (κ2) is 5.04. The Morgan fingerprint density at radius 3 is 2.71 bits per heavy atom. The first-order valence-corrected chi connectivity index (χ1v) is 7.21. The molecule has 0 unspecified atom stereocenters. The zero-order valence-electron chi connectivity index (χ0n) is 11.6. The monoisotopic (exact) mass is 302 g/mol. The van der Waals surface area contributed by atoms with E-state index in [1.807, 2.05) is 19.1 Å². The van der Waals surface area contributed by atoms with Crippen molar-refractivity contribution in [1.29, 1.82) is 0 Å². The maximum Gasteiger partial charge on any atom is 0.194 e. The lowest BCUT2D eigenvalue weighted by molar-refractivity contribution is 0.0970. The number of pyridine rings is 1. The number of aryl methyl sites for hydroxylation is 1. The van der Waals surface area contributed by atoms with Gasteiger partial charge in [-0.3, -0.25) is 14.2 Å². The highest BCUT2D eigenvalue weighted by atomic mass is 35.5. The molecule has 5 heteroatoms. The molecule has 1 aromatic heterocycles. The van der Waals surface area contributed by atoms with Crippen molar-refractivity contribution in [3.05, 3.63) is 56.3 Å². The number of rotatable bonds is 1. The number of halogens is 1. The van der Waals surface area contributed by atoms with Crippen molar-refractivity contribution >= 4 is 23.2 Å². The molecule has 0 atom stereocenters. The Hall–Kier alpha value is -2.07. The van der Waals surface area contributed by atoms with Crippen LogP contribution in [0.5, 0.6) is 0 Å². The summed E-state index contributed by atoms with van der Waals surface area (Å²) in [6, 6.07) is 6.91. The molecule has 2 aromatic rings. The van der Waals surface area contributed by atoms with Gasteiger partial charge in [-0.15, -0.1) is 0 Å². The van der Waals surface area contributed by atoms with Crippen LogP contribution < -0.4 is 11.2 Å². The first kappa shape index (κ1) is 13.9. The fourth-order valence-corrected chi connectivity index (χ4v) is 3.04. The van der Waals surface area contributed by atoms with E-state index >= 15 is 0 Å². The molecule has 0 saturated carbocycles. The van der Waals surface area contributed by atoms with Crippen LogP contribution in [0.3, 0.4) is 0 Å². The summed E-state index contributed by atoms with van der Waals surface area (Å²) < 4.78 is 1.74. The maximum absolute atomic E-state index is 12.1. The van der Waals surface area contributed by atoms with Crippen molar-refractivity contribution in [1.82, 2.24) is 4.57 Å². The number of carbonyl (C=O) groups is 1. The Bertz CT molecular complexity index is 809. The van der Waals surface area contributed by atoms with Gasteiger partial charge in [-0.25, -0.2) is 0 Å². The number of fused-ring (bicyclic) bond motifs is 1. The molecular weight excluding hydrogens is 288 g/mol. The van der Waals surface area contributed by atoms with E-state index in [2.05, 4.69) is 0 Å².